The topological polar surface area (TPSA) is 58.2 Å². The number of carbonyl (C=O) groups is 2. The second kappa shape index (κ2) is 7.41. The summed E-state index contributed by atoms with van der Waals surface area (Å²) in [6.07, 6.45) is 0.192. The molecule has 2 N–H and O–H groups in total. The first-order valence-electron chi connectivity index (χ1n) is 7.23. The van der Waals surface area contributed by atoms with Gasteiger partial charge in [-0.05, 0) is 24.6 Å². The fourth-order valence-electron chi connectivity index (χ4n) is 2.22. The summed E-state index contributed by atoms with van der Waals surface area (Å²) in [6, 6.07) is 16.8. The standard InChI is InChI=1S/C18H20N2O2/c1-13-8-10-16(11-9-13)20-18(22)12-17(19-14(2)21)15-6-4-3-5-7-15/h3-11,17H,12H2,1-2H3,(H,19,21)(H,20,22). The molecule has 0 aromatic heterocycles. The predicted molar refractivity (Wildman–Crippen MR) is 87.4 cm³/mol. The van der Waals surface area contributed by atoms with Crippen LogP contribution in [0.25, 0.3) is 0 Å². The first kappa shape index (κ1) is 15.8. The van der Waals surface area contributed by atoms with Crippen molar-refractivity contribution >= 4 is 17.5 Å². The molecule has 0 aliphatic heterocycles. The molecule has 114 valence electrons. The van der Waals surface area contributed by atoms with E-state index in [1.165, 1.54) is 6.92 Å². The Morgan fingerprint density at radius 3 is 2.23 bits per heavy atom. The number of carbonyl (C=O) groups excluding carboxylic acids is 2. The summed E-state index contributed by atoms with van der Waals surface area (Å²) in [5.41, 5.74) is 2.81. The molecule has 2 aromatic rings. The molecule has 22 heavy (non-hydrogen) atoms. The highest BCUT2D eigenvalue weighted by molar-refractivity contribution is 5.91. The molecule has 2 aromatic carbocycles. The Bertz CT molecular complexity index is 636. The van der Waals surface area contributed by atoms with Gasteiger partial charge >= 0.3 is 0 Å². The van der Waals surface area contributed by atoms with E-state index in [1.54, 1.807) is 0 Å². The summed E-state index contributed by atoms with van der Waals surface area (Å²) >= 11 is 0. The zero-order valence-corrected chi connectivity index (χ0v) is 12.8. The third-order valence-electron chi connectivity index (χ3n) is 3.30. The largest absolute Gasteiger partial charge is 0.349 e. The number of rotatable bonds is 5. The molecule has 1 atom stereocenters. The first-order valence-corrected chi connectivity index (χ1v) is 7.23. The van der Waals surface area contributed by atoms with Gasteiger partial charge in [0.05, 0.1) is 12.5 Å². The van der Waals surface area contributed by atoms with E-state index < -0.39 is 0 Å². The maximum atomic E-state index is 12.2. The van der Waals surface area contributed by atoms with Gasteiger partial charge in [0.1, 0.15) is 0 Å². The summed E-state index contributed by atoms with van der Waals surface area (Å²) in [4.78, 5) is 23.6. The Kier molecular flexibility index (Phi) is 5.31. The van der Waals surface area contributed by atoms with E-state index in [9.17, 15) is 9.59 Å². The van der Waals surface area contributed by atoms with Gasteiger partial charge in [-0.2, -0.15) is 0 Å². The van der Waals surface area contributed by atoms with Gasteiger partial charge in [0.2, 0.25) is 11.8 Å². The molecule has 0 saturated heterocycles. The lowest BCUT2D eigenvalue weighted by Gasteiger charge is -2.18. The second-order valence-electron chi connectivity index (χ2n) is 5.28. The van der Waals surface area contributed by atoms with Crippen LogP contribution >= 0.6 is 0 Å². The van der Waals surface area contributed by atoms with Crippen molar-refractivity contribution in [1.82, 2.24) is 5.32 Å². The van der Waals surface area contributed by atoms with Crippen molar-refractivity contribution in [1.29, 1.82) is 0 Å². The fraction of sp³-hybridized carbons (Fsp3) is 0.222. The van der Waals surface area contributed by atoms with Crippen molar-refractivity contribution in [2.75, 3.05) is 5.32 Å². The quantitative estimate of drug-likeness (QED) is 0.890. The number of aryl methyl sites for hydroxylation is 1. The third kappa shape index (κ3) is 4.74. The molecular formula is C18H20N2O2. The molecule has 0 spiro atoms. The smallest absolute Gasteiger partial charge is 0.226 e. The Balaban J connectivity index is 2.04. The van der Waals surface area contributed by atoms with Gasteiger partial charge < -0.3 is 10.6 Å². The van der Waals surface area contributed by atoms with E-state index in [2.05, 4.69) is 10.6 Å². The number of hydrogen-bond acceptors (Lipinski definition) is 2. The normalized spacial score (nSPS) is 11.5. The van der Waals surface area contributed by atoms with Crippen LogP contribution in [0.4, 0.5) is 5.69 Å². The van der Waals surface area contributed by atoms with Crippen LogP contribution in [-0.4, -0.2) is 11.8 Å². The zero-order chi connectivity index (χ0) is 15.9. The van der Waals surface area contributed by atoms with Crippen molar-refractivity contribution in [3.05, 3.63) is 65.7 Å². The predicted octanol–water partition coefficient (Wildman–Crippen LogP) is 3.20. The highest BCUT2D eigenvalue weighted by Crippen LogP contribution is 2.18. The van der Waals surface area contributed by atoms with Gasteiger partial charge in [0.25, 0.3) is 0 Å². The first-order chi connectivity index (χ1) is 10.5. The van der Waals surface area contributed by atoms with Crippen molar-refractivity contribution in [2.45, 2.75) is 26.3 Å². The van der Waals surface area contributed by atoms with Gasteiger partial charge in [-0.25, -0.2) is 0 Å². The Hall–Kier alpha value is -2.62. The monoisotopic (exact) mass is 296 g/mol. The van der Waals surface area contributed by atoms with Crippen LogP contribution < -0.4 is 10.6 Å². The highest BCUT2D eigenvalue weighted by Gasteiger charge is 2.16. The molecule has 0 saturated carbocycles. The van der Waals surface area contributed by atoms with Crippen LogP contribution in [-0.2, 0) is 9.59 Å². The molecule has 4 nitrogen and oxygen atoms in total. The van der Waals surface area contributed by atoms with Crippen molar-refractivity contribution in [2.24, 2.45) is 0 Å². The Morgan fingerprint density at radius 1 is 1.00 bits per heavy atom. The van der Waals surface area contributed by atoms with Crippen LogP contribution in [0.1, 0.15) is 30.5 Å². The average molecular weight is 296 g/mol. The van der Waals surface area contributed by atoms with Gasteiger partial charge in [0, 0.05) is 12.6 Å². The van der Waals surface area contributed by atoms with Gasteiger partial charge in [-0.3, -0.25) is 9.59 Å². The molecule has 1 unspecified atom stereocenters. The molecule has 0 heterocycles. The number of benzene rings is 2. The highest BCUT2D eigenvalue weighted by atomic mass is 16.2. The van der Waals surface area contributed by atoms with E-state index in [-0.39, 0.29) is 24.3 Å². The minimum atomic E-state index is -0.329. The van der Waals surface area contributed by atoms with Crippen molar-refractivity contribution < 1.29 is 9.59 Å². The van der Waals surface area contributed by atoms with E-state index >= 15 is 0 Å². The summed E-state index contributed by atoms with van der Waals surface area (Å²) in [5, 5.41) is 5.67. The van der Waals surface area contributed by atoms with Crippen molar-refractivity contribution in [3.63, 3.8) is 0 Å². The molecule has 0 bridgehead atoms. The molecule has 2 amide bonds. The summed E-state index contributed by atoms with van der Waals surface area (Å²) in [6.45, 7) is 3.45. The maximum absolute atomic E-state index is 12.2. The van der Waals surface area contributed by atoms with E-state index in [0.717, 1.165) is 16.8 Å². The second-order valence-corrected chi connectivity index (χ2v) is 5.28. The SMILES string of the molecule is CC(=O)NC(CC(=O)Nc1ccc(C)cc1)c1ccccc1. The molecular weight excluding hydrogens is 276 g/mol. The van der Waals surface area contributed by atoms with Gasteiger partial charge in [-0.1, -0.05) is 48.0 Å². The summed E-state index contributed by atoms with van der Waals surface area (Å²) in [5.74, 6) is -0.288. The molecule has 2 rings (SSSR count). The van der Waals surface area contributed by atoms with Gasteiger partial charge in [0.15, 0.2) is 0 Å². The Labute approximate surface area is 130 Å². The van der Waals surface area contributed by atoms with E-state index in [0.29, 0.717) is 0 Å². The summed E-state index contributed by atoms with van der Waals surface area (Å²) < 4.78 is 0. The average Bonchev–Trinajstić information content (AvgIpc) is 2.49. The maximum Gasteiger partial charge on any atom is 0.226 e. The van der Waals surface area contributed by atoms with Crippen LogP contribution in [0, 0.1) is 6.92 Å². The number of anilines is 1. The number of amides is 2. The van der Waals surface area contributed by atoms with E-state index in [1.807, 2.05) is 61.5 Å². The molecule has 0 aliphatic carbocycles. The lowest BCUT2D eigenvalue weighted by molar-refractivity contribution is -0.120. The molecule has 0 aliphatic rings. The van der Waals surface area contributed by atoms with Crippen LogP contribution in [0.15, 0.2) is 54.6 Å². The number of hydrogen-bond donors (Lipinski definition) is 2. The minimum absolute atomic E-state index is 0.133. The summed E-state index contributed by atoms with van der Waals surface area (Å²) in [7, 11) is 0. The van der Waals surface area contributed by atoms with Gasteiger partial charge in [-0.15, -0.1) is 0 Å². The van der Waals surface area contributed by atoms with Crippen LogP contribution in [0.3, 0.4) is 0 Å². The van der Waals surface area contributed by atoms with Crippen molar-refractivity contribution in [3.8, 4) is 0 Å². The lowest BCUT2D eigenvalue weighted by Crippen LogP contribution is -2.29. The number of nitrogens with one attached hydrogen (secondary N) is 2. The van der Waals surface area contributed by atoms with Crippen LogP contribution in [0.2, 0.25) is 0 Å². The zero-order valence-electron chi connectivity index (χ0n) is 12.8. The lowest BCUT2D eigenvalue weighted by atomic mass is 10.0. The van der Waals surface area contributed by atoms with E-state index in [4.69, 9.17) is 0 Å². The third-order valence-corrected chi connectivity index (χ3v) is 3.30. The minimum Gasteiger partial charge on any atom is -0.349 e. The van der Waals surface area contributed by atoms with Crippen LogP contribution in [0.5, 0.6) is 0 Å². The fourth-order valence-corrected chi connectivity index (χ4v) is 2.22. The molecule has 0 fully saturated rings. The Morgan fingerprint density at radius 2 is 1.64 bits per heavy atom. The molecule has 4 heteroatoms. The molecule has 0 radical (unpaired) electrons.